The minimum atomic E-state index is -0.883. The van der Waals surface area contributed by atoms with Crippen LogP contribution in [0.15, 0.2) is 12.1 Å². The maximum absolute atomic E-state index is 13.7. The second-order valence-electron chi connectivity index (χ2n) is 4.02. The Morgan fingerprint density at radius 2 is 1.71 bits per heavy atom. The first-order valence-electron chi connectivity index (χ1n) is 4.93. The third kappa shape index (κ3) is 3.70. The molecule has 0 heterocycles. The van der Waals surface area contributed by atoms with Crippen molar-refractivity contribution >= 4 is 35.6 Å². The Hall–Kier alpha value is -0.0600. The van der Waals surface area contributed by atoms with Crippen molar-refractivity contribution in [3.05, 3.63) is 33.6 Å². The van der Waals surface area contributed by atoms with Crippen molar-refractivity contribution in [2.45, 2.75) is 26.0 Å². The van der Waals surface area contributed by atoms with Crippen LogP contribution >= 0.6 is 35.6 Å². The molecular weight excluding hydrogens is 287 g/mol. The third-order valence-corrected chi connectivity index (χ3v) is 3.09. The van der Waals surface area contributed by atoms with E-state index in [0.29, 0.717) is 0 Å². The van der Waals surface area contributed by atoms with E-state index in [1.54, 1.807) is 13.8 Å². The molecule has 0 aliphatic heterocycles. The molecule has 1 aromatic rings. The predicted octanol–water partition coefficient (Wildman–Crippen LogP) is 3.57. The van der Waals surface area contributed by atoms with Crippen LogP contribution in [0.1, 0.15) is 25.5 Å². The highest BCUT2D eigenvalue weighted by atomic mass is 35.5. The first-order valence-corrected chi connectivity index (χ1v) is 5.69. The van der Waals surface area contributed by atoms with E-state index in [4.69, 9.17) is 28.9 Å². The maximum atomic E-state index is 13.7. The quantitative estimate of drug-likeness (QED) is 0.839. The van der Waals surface area contributed by atoms with Crippen molar-refractivity contribution in [1.29, 1.82) is 0 Å². The molecule has 0 amide bonds. The maximum Gasteiger partial charge on any atom is 0.148 e. The molecular formula is C11H15Cl3FNO. The summed E-state index contributed by atoms with van der Waals surface area (Å²) in [4.78, 5) is 0. The van der Waals surface area contributed by atoms with Gasteiger partial charge in [0.15, 0.2) is 0 Å². The van der Waals surface area contributed by atoms with Gasteiger partial charge in [-0.25, -0.2) is 4.39 Å². The highest BCUT2D eigenvalue weighted by Crippen LogP contribution is 2.32. The molecule has 0 bridgehead atoms. The van der Waals surface area contributed by atoms with Gasteiger partial charge in [-0.1, -0.05) is 37.0 Å². The van der Waals surface area contributed by atoms with Crippen molar-refractivity contribution in [3.63, 3.8) is 0 Å². The number of rotatable bonds is 3. The highest BCUT2D eigenvalue weighted by Gasteiger charge is 2.26. The lowest BCUT2D eigenvalue weighted by Gasteiger charge is -2.23. The molecule has 1 rings (SSSR count). The van der Waals surface area contributed by atoms with Crippen molar-refractivity contribution in [1.82, 2.24) is 0 Å². The molecule has 0 aromatic heterocycles. The molecule has 0 radical (unpaired) electrons. The summed E-state index contributed by atoms with van der Waals surface area (Å²) in [5.74, 6) is -0.759. The Kier molecular flexibility index (Phi) is 6.74. The van der Waals surface area contributed by atoms with Gasteiger partial charge in [-0.15, -0.1) is 12.4 Å². The molecule has 1 aromatic carbocycles. The molecule has 0 spiro atoms. The average Bonchev–Trinajstić information content (AvgIpc) is 2.22. The summed E-state index contributed by atoms with van der Waals surface area (Å²) in [5, 5.41) is 9.92. The molecule has 2 atom stereocenters. The van der Waals surface area contributed by atoms with Crippen LogP contribution in [0.5, 0.6) is 0 Å². The molecule has 2 nitrogen and oxygen atoms in total. The molecule has 6 heteroatoms. The third-order valence-electron chi connectivity index (χ3n) is 2.46. The fourth-order valence-electron chi connectivity index (χ4n) is 1.43. The summed E-state index contributed by atoms with van der Waals surface area (Å²) in [6.45, 7) is 3.59. The zero-order valence-electron chi connectivity index (χ0n) is 9.45. The Morgan fingerprint density at radius 1 is 1.24 bits per heavy atom. The minimum absolute atomic E-state index is 0. The average molecular weight is 303 g/mol. The SMILES string of the molecule is CC(C)[C@H](O)[C@H](N)c1c(Cl)ccc(Cl)c1F.Cl. The molecule has 0 aliphatic rings. The van der Waals surface area contributed by atoms with E-state index in [-0.39, 0.29) is 33.9 Å². The van der Waals surface area contributed by atoms with Crippen LogP contribution in [0.25, 0.3) is 0 Å². The number of hydrogen-bond donors (Lipinski definition) is 2. The van der Waals surface area contributed by atoms with E-state index in [0.717, 1.165) is 0 Å². The molecule has 0 fully saturated rings. The van der Waals surface area contributed by atoms with Crippen LogP contribution in [0.4, 0.5) is 4.39 Å². The number of nitrogens with two attached hydrogens (primary N) is 1. The molecule has 17 heavy (non-hydrogen) atoms. The molecule has 0 aliphatic carbocycles. The van der Waals surface area contributed by atoms with E-state index in [9.17, 15) is 9.50 Å². The summed E-state index contributed by atoms with van der Waals surface area (Å²) >= 11 is 11.5. The summed E-state index contributed by atoms with van der Waals surface area (Å²) in [5.41, 5.74) is 5.84. The van der Waals surface area contributed by atoms with Crippen molar-refractivity contribution < 1.29 is 9.50 Å². The molecule has 3 N–H and O–H groups in total. The highest BCUT2D eigenvalue weighted by molar-refractivity contribution is 6.33. The van der Waals surface area contributed by atoms with Gasteiger partial charge in [0.25, 0.3) is 0 Å². The van der Waals surface area contributed by atoms with Crippen molar-refractivity contribution in [3.8, 4) is 0 Å². The zero-order valence-corrected chi connectivity index (χ0v) is 11.8. The molecule has 0 unspecified atom stereocenters. The smallest absolute Gasteiger partial charge is 0.148 e. The topological polar surface area (TPSA) is 46.2 Å². The van der Waals surface area contributed by atoms with Gasteiger partial charge >= 0.3 is 0 Å². The summed E-state index contributed by atoms with van der Waals surface area (Å²) in [7, 11) is 0. The number of benzene rings is 1. The van der Waals surface area contributed by atoms with Crippen LogP contribution in [-0.4, -0.2) is 11.2 Å². The summed E-state index contributed by atoms with van der Waals surface area (Å²) in [6, 6.07) is 1.94. The monoisotopic (exact) mass is 301 g/mol. The van der Waals surface area contributed by atoms with Gasteiger partial charge in [-0.05, 0) is 18.1 Å². The lowest BCUT2D eigenvalue weighted by molar-refractivity contribution is 0.0967. The lowest BCUT2D eigenvalue weighted by atomic mass is 9.94. The number of aliphatic hydroxyl groups excluding tert-OH is 1. The molecule has 0 saturated heterocycles. The molecule has 98 valence electrons. The Morgan fingerprint density at radius 3 is 2.18 bits per heavy atom. The number of halogens is 4. The summed E-state index contributed by atoms with van der Waals surface area (Å²) in [6.07, 6.45) is -0.870. The molecule has 0 saturated carbocycles. The fourth-order valence-corrected chi connectivity index (χ4v) is 1.87. The van der Waals surface area contributed by atoms with Crippen molar-refractivity contribution in [2.75, 3.05) is 0 Å². The van der Waals surface area contributed by atoms with Crippen LogP contribution < -0.4 is 5.73 Å². The predicted molar refractivity (Wildman–Crippen MR) is 71.4 cm³/mol. The van der Waals surface area contributed by atoms with Gasteiger partial charge in [0.2, 0.25) is 0 Å². The second kappa shape index (κ2) is 6.76. The van der Waals surface area contributed by atoms with E-state index in [2.05, 4.69) is 0 Å². The van der Waals surface area contributed by atoms with Gasteiger partial charge in [0.05, 0.1) is 17.2 Å². The number of hydrogen-bond acceptors (Lipinski definition) is 2. The Labute approximate surface area is 116 Å². The van der Waals surface area contributed by atoms with Crippen LogP contribution in [0.2, 0.25) is 10.0 Å². The van der Waals surface area contributed by atoms with Crippen LogP contribution in [0, 0.1) is 11.7 Å². The van der Waals surface area contributed by atoms with Gasteiger partial charge in [0.1, 0.15) is 5.82 Å². The standard InChI is InChI=1S/C11H14Cl2FNO.ClH/c1-5(2)11(16)10(15)8-6(12)3-4-7(13)9(8)14;/h3-5,10-11,16H,15H2,1-2H3;1H/t10-,11+;/m1./s1. The first kappa shape index (κ1) is 16.9. The Balaban J connectivity index is 0.00000256. The van der Waals surface area contributed by atoms with Gasteiger partial charge in [0, 0.05) is 10.6 Å². The van der Waals surface area contributed by atoms with E-state index >= 15 is 0 Å². The summed E-state index contributed by atoms with van der Waals surface area (Å²) < 4.78 is 13.7. The number of aliphatic hydroxyl groups is 1. The fraction of sp³-hybridized carbons (Fsp3) is 0.455. The minimum Gasteiger partial charge on any atom is -0.391 e. The van der Waals surface area contributed by atoms with E-state index in [1.807, 2.05) is 0 Å². The van der Waals surface area contributed by atoms with Crippen LogP contribution in [-0.2, 0) is 0 Å². The van der Waals surface area contributed by atoms with Crippen molar-refractivity contribution in [2.24, 2.45) is 11.7 Å². The normalized spacial score (nSPS) is 14.4. The van der Waals surface area contributed by atoms with Gasteiger partial charge in [-0.2, -0.15) is 0 Å². The zero-order chi connectivity index (χ0) is 12.5. The lowest BCUT2D eigenvalue weighted by Crippen LogP contribution is -2.31. The Bertz CT molecular complexity index is 387. The van der Waals surface area contributed by atoms with E-state index < -0.39 is 18.0 Å². The van der Waals surface area contributed by atoms with Gasteiger partial charge in [-0.3, -0.25) is 0 Å². The van der Waals surface area contributed by atoms with Crippen LogP contribution in [0.3, 0.4) is 0 Å². The first-order chi connectivity index (χ1) is 7.36. The largest absolute Gasteiger partial charge is 0.391 e. The van der Waals surface area contributed by atoms with E-state index in [1.165, 1.54) is 12.1 Å². The van der Waals surface area contributed by atoms with Gasteiger partial charge < -0.3 is 10.8 Å². The second-order valence-corrected chi connectivity index (χ2v) is 4.83.